The molecule has 2 unspecified atom stereocenters. The summed E-state index contributed by atoms with van der Waals surface area (Å²) in [5.41, 5.74) is 6.03. The van der Waals surface area contributed by atoms with Gasteiger partial charge in [-0.1, -0.05) is 26.2 Å². The maximum atomic E-state index is 6.03. The van der Waals surface area contributed by atoms with E-state index < -0.39 is 0 Å². The number of piperidine rings is 1. The SMILES string of the molecule is CC1CCCN(C(C)CN=C(N)NC2CCCCC2)C1. The van der Waals surface area contributed by atoms with Crippen LogP contribution in [0.5, 0.6) is 0 Å². The molecule has 2 aliphatic rings. The van der Waals surface area contributed by atoms with Gasteiger partial charge in [0.25, 0.3) is 0 Å². The van der Waals surface area contributed by atoms with Crippen LogP contribution in [-0.2, 0) is 0 Å². The zero-order valence-electron chi connectivity index (χ0n) is 13.3. The number of guanidine groups is 1. The molecule has 0 aromatic rings. The second kappa shape index (κ2) is 7.87. The fraction of sp³-hybridized carbons (Fsp3) is 0.938. The molecule has 0 bridgehead atoms. The van der Waals surface area contributed by atoms with Crippen molar-refractivity contribution in [3.8, 4) is 0 Å². The van der Waals surface area contributed by atoms with E-state index >= 15 is 0 Å². The number of nitrogens with two attached hydrogens (primary N) is 1. The van der Waals surface area contributed by atoms with Crippen LogP contribution >= 0.6 is 0 Å². The van der Waals surface area contributed by atoms with E-state index in [1.54, 1.807) is 0 Å². The molecule has 0 amide bonds. The van der Waals surface area contributed by atoms with Gasteiger partial charge in [0.05, 0.1) is 6.54 Å². The van der Waals surface area contributed by atoms with Crippen LogP contribution in [0.2, 0.25) is 0 Å². The van der Waals surface area contributed by atoms with E-state index in [1.165, 1.54) is 58.0 Å². The standard InChI is InChI=1S/C16H32N4/c1-13-7-6-10-20(12-13)14(2)11-18-16(17)19-15-8-4-3-5-9-15/h13-15H,3-12H2,1-2H3,(H3,17,18,19). The van der Waals surface area contributed by atoms with Gasteiger partial charge < -0.3 is 11.1 Å². The lowest BCUT2D eigenvalue weighted by atomic mass is 9.96. The highest BCUT2D eigenvalue weighted by molar-refractivity contribution is 5.78. The van der Waals surface area contributed by atoms with Gasteiger partial charge in [0.1, 0.15) is 0 Å². The van der Waals surface area contributed by atoms with E-state index in [-0.39, 0.29) is 0 Å². The van der Waals surface area contributed by atoms with Crippen LogP contribution in [0, 0.1) is 5.92 Å². The molecule has 1 saturated heterocycles. The number of aliphatic imine (C=N–C) groups is 1. The normalized spacial score (nSPS) is 28.3. The first-order valence-electron chi connectivity index (χ1n) is 8.45. The maximum Gasteiger partial charge on any atom is 0.188 e. The molecular formula is C16H32N4. The summed E-state index contributed by atoms with van der Waals surface area (Å²) >= 11 is 0. The molecular weight excluding hydrogens is 248 g/mol. The Labute approximate surface area is 124 Å². The summed E-state index contributed by atoms with van der Waals surface area (Å²) in [5, 5.41) is 3.40. The van der Waals surface area contributed by atoms with Crippen molar-refractivity contribution in [3.05, 3.63) is 0 Å². The van der Waals surface area contributed by atoms with Crippen LogP contribution in [0.1, 0.15) is 58.8 Å². The largest absolute Gasteiger partial charge is 0.370 e. The smallest absolute Gasteiger partial charge is 0.188 e. The molecule has 0 spiro atoms. The van der Waals surface area contributed by atoms with E-state index in [2.05, 4.69) is 29.1 Å². The lowest BCUT2D eigenvalue weighted by Gasteiger charge is -2.35. The number of likely N-dealkylation sites (tertiary alicyclic amines) is 1. The summed E-state index contributed by atoms with van der Waals surface area (Å²) in [5.74, 6) is 1.47. The molecule has 20 heavy (non-hydrogen) atoms. The molecule has 1 aliphatic heterocycles. The van der Waals surface area contributed by atoms with Gasteiger partial charge in [0.15, 0.2) is 5.96 Å². The molecule has 2 fully saturated rings. The number of rotatable bonds is 4. The van der Waals surface area contributed by atoms with E-state index in [1.807, 2.05) is 0 Å². The molecule has 4 nitrogen and oxygen atoms in total. The quantitative estimate of drug-likeness (QED) is 0.614. The average molecular weight is 280 g/mol. The molecule has 0 aromatic heterocycles. The third-order valence-electron chi connectivity index (χ3n) is 4.79. The van der Waals surface area contributed by atoms with Crippen LogP contribution in [0.3, 0.4) is 0 Å². The van der Waals surface area contributed by atoms with Crippen molar-refractivity contribution < 1.29 is 0 Å². The molecule has 116 valence electrons. The van der Waals surface area contributed by atoms with E-state index in [0.717, 1.165) is 12.5 Å². The van der Waals surface area contributed by atoms with Gasteiger partial charge in [0, 0.05) is 18.6 Å². The first kappa shape index (κ1) is 15.6. The zero-order chi connectivity index (χ0) is 14.4. The number of nitrogens with zero attached hydrogens (tertiary/aromatic N) is 2. The Kier molecular flexibility index (Phi) is 6.14. The van der Waals surface area contributed by atoms with Gasteiger partial charge in [-0.2, -0.15) is 0 Å². The van der Waals surface area contributed by atoms with E-state index in [4.69, 9.17) is 5.73 Å². The molecule has 0 aromatic carbocycles. The maximum absolute atomic E-state index is 6.03. The van der Waals surface area contributed by atoms with Crippen molar-refractivity contribution in [2.24, 2.45) is 16.6 Å². The van der Waals surface area contributed by atoms with Crippen LogP contribution in [0.15, 0.2) is 4.99 Å². The molecule has 3 N–H and O–H groups in total. The highest BCUT2D eigenvalue weighted by atomic mass is 15.2. The Morgan fingerprint density at radius 1 is 1.25 bits per heavy atom. The minimum absolute atomic E-state index is 0.504. The van der Waals surface area contributed by atoms with Crippen molar-refractivity contribution in [1.29, 1.82) is 0 Å². The van der Waals surface area contributed by atoms with Crippen LogP contribution in [-0.4, -0.2) is 42.6 Å². The average Bonchev–Trinajstić information content (AvgIpc) is 2.46. The van der Waals surface area contributed by atoms with Crippen LogP contribution < -0.4 is 11.1 Å². The molecule has 2 atom stereocenters. The molecule has 1 heterocycles. The molecule has 1 aliphatic carbocycles. The Bertz CT molecular complexity index is 310. The summed E-state index contributed by atoms with van der Waals surface area (Å²) in [7, 11) is 0. The van der Waals surface area contributed by atoms with Gasteiger partial charge in [-0.15, -0.1) is 0 Å². The second-order valence-electron chi connectivity index (χ2n) is 6.80. The van der Waals surface area contributed by atoms with Crippen molar-refractivity contribution in [2.75, 3.05) is 19.6 Å². The topological polar surface area (TPSA) is 53.6 Å². The van der Waals surface area contributed by atoms with Crippen LogP contribution in [0.4, 0.5) is 0 Å². The first-order chi connectivity index (χ1) is 9.65. The predicted molar refractivity (Wildman–Crippen MR) is 85.9 cm³/mol. The molecule has 0 radical (unpaired) electrons. The Morgan fingerprint density at radius 3 is 2.70 bits per heavy atom. The zero-order valence-corrected chi connectivity index (χ0v) is 13.3. The minimum atomic E-state index is 0.504. The minimum Gasteiger partial charge on any atom is -0.370 e. The summed E-state index contributed by atoms with van der Waals surface area (Å²) in [6.45, 7) is 7.87. The first-order valence-corrected chi connectivity index (χ1v) is 8.45. The monoisotopic (exact) mass is 280 g/mol. The fourth-order valence-electron chi connectivity index (χ4n) is 3.47. The summed E-state index contributed by atoms with van der Waals surface area (Å²) in [6, 6.07) is 1.06. The number of nitrogens with one attached hydrogen (secondary N) is 1. The van der Waals surface area contributed by atoms with E-state index in [9.17, 15) is 0 Å². The third kappa shape index (κ3) is 4.97. The lowest BCUT2D eigenvalue weighted by Crippen LogP contribution is -2.44. The molecule has 2 rings (SSSR count). The van der Waals surface area contributed by atoms with Gasteiger partial charge in [-0.25, -0.2) is 0 Å². The van der Waals surface area contributed by atoms with Gasteiger partial charge in [-0.3, -0.25) is 9.89 Å². The summed E-state index contributed by atoms with van der Waals surface area (Å²) < 4.78 is 0. The molecule has 4 heteroatoms. The predicted octanol–water partition coefficient (Wildman–Crippen LogP) is 2.34. The summed E-state index contributed by atoms with van der Waals surface area (Å²) in [4.78, 5) is 7.12. The second-order valence-corrected chi connectivity index (χ2v) is 6.80. The fourth-order valence-corrected chi connectivity index (χ4v) is 3.47. The Balaban J connectivity index is 1.72. The van der Waals surface area contributed by atoms with Gasteiger partial charge in [0.2, 0.25) is 0 Å². The van der Waals surface area contributed by atoms with Gasteiger partial charge >= 0.3 is 0 Å². The lowest BCUT2D eigenvalue weighted by molar-refractivity contribution is 0.142. The molecule has 1 saturated carbocycles. The van der Waals surface area contributed by atoms with Crippen molar-refractivity contribution in [2.45, 2.75) is 70.9 Å². The highest BCUT2D eigenvalue weighted by Gasteiger charge is 2.20. The van der Waals surface area contributed by atoms with Crippen molar-refractivity contribution in [1.82, 2.24) is 10.2 Å². The van der Waals surface area contributed by atoms with E-state index in [0.29, 0.717) is 18.0 Å². The number of hydrogen-bond donors (Lipinski definition) is 2. The third-order valence-corrected chi connectivity index (χ3v) is 4.79. The highest BCUT2D eigenvalue weighted by Crippen LogP contribution is 2.18. The van der Waals surface area contributed by atoms with Crippen LogP contribution in [0.25, 0.3) is 0 Å². The Morgan fingerprint density at radius 2 is 2.00 bits per heavy atom. The number of hydrogen-bond acceptors (Lipinski definition) is 2. The summed E-state index contributed by atoms with van der Waals surface area (Å²) in [6.07, 6.45) is 9.22. The Hall–Kier alpha value is -0.770. The van der Waals surface area contributed by atoms with Crippen molar-refractivity contribution in [3.63, 3.8) is 0 Å². The van der Waals surface area contributed by atoms with Crippen molar-refractivity contribution >= 4 is 5.96 Å². The van der Waals surface area contributed by atoms with Gasteiger partial charge in [-0.05, 0) is 45.1 Å².